The van der Waals surface area contributed by atoms with Crippen molar-refractivity contribution in [1.82, 2.24) is 10.6 Å². The molecule has 0 aliphatic heterocycles. The van der Waals surface area contributed by atoms with E-state index in [0.29, 0.717) is 0 Å². The molecule has 2 unspecified atom stereocenters. The zero-order valence-corrected chi connectivity index (χ0v) is 20.1. The molecule has 0 saturated carbocycles. The van der Waals surface area contributed by atoms with Crippen LogP contribution in [0.4, 0.5) is 13.6 Å². The number of methoxy groups -OCH3 is 1. The van der Waals surface area contributed by atoms with Crippen molar-refractivity contribution in [3.63, 3.8) is 0 Å². The summed E-state index contributed by atoms with van der Waals surface area (Å²) < 4.78 is 42.3. The Labute approximate surface area is 207 Å². The van der Waals surface area contributed by atoms with Gasteiger partial charge in [-0.1, -0.05) is 50.2 Å². The van der Waals surface area contributed by atoms with Crippen LogP contribution in [-0.2, 0) is 30.5 Å². The Balaban J connectivity index is 2.05. The van der Waals surface area contributed by atoms with E-state index in [2.05, 4.69) is 15.4 Å². The predicted octanol–water partition coefficient (Wildman–Crippen LogP) is 2.91. The van der Waals surface area contributed by atoms with Crippen LogP contribution in [0, 0.1) is 17.6 Å². The van der Waals surface area contributed by atoms with Crippen molar-refractivity contribution in [2.45, 2.75) is 39.0 Å². The Hall–Kier alpha value is -4.02. The summed E-state index contributed by atoms with van der Waals surface area (Å²) in [6.07, 6.45) is -1.42. The lowest BCUT2D eigenvalue weighted by atomic mass is 10.0. The van der Waals surface area contributed by atoms with Crippen LogP contribution in [0.5, 0.6) is 5.75 Å². The summed E-state index contributed by atoms with van der Waals surface area (Å²) >= 11 is 0. The Bertz CT molecular complexity index is 1040. The van der Waals surface area contributed by atoms with Crippen LogP contribution in [-0.4, -0.2) is 49.6 Å². The SMILES string of the molecule is COC(=O)CC(NC(=O)C(NC(=O)OCc1ccccc1)C(C)C)C(=O)COc1c(F)cccc1F. The number of carbonyl (C=O) groups excluding carboxylic acids is 4. The summed E-state index contributed by atoms with van der Waals surface area (Å²) in [7, 11) is 1.10. The van der Waals surface area contributed by atoms with Crippen LogP contribution >= 0.6 is 0 Å². The molecule has 0 saturated heterocycles. The van der Waals surface area contributed by atoms with Crippen molar-refractivity contribution in [2.75, 3.05) is 13.7 Å². The molecule has 2 aromatic carbocycles. The zero-order chi connectivity index (χ0) is 26.7. The van der Waals surface area contributed by atoms with E-state index in [1.807, 2.05) is 6.07 Å². The molecule has 11 heteroatoms. The van der Waals surface area contributed by atoms with E-state index in [9.17, 15) is 28.0 Å². The van der Waals surface area contributed by atoms with Gasteiger partial charge in [0.05, 0.1) is 13.5 Å². The Morgan fingerprint density at radius 3 is 2.14 bits per heavy atom. The molecule has 2 N–H and O–H groups in total. The van der Waals surface area contributed by atoms with E-state index in [0.717, 1.165) is 30.9 Å². The number of amides is 2. The number of para-hydroxylation sites is 1. The number of Topliss-reactive ketones (excluding diaryl/α,β-unsaturated/α-hetero) is 1. The number of alkyl carbamates (subject to hydrolysis) is 1. The number of nitrogens with one attached hydrogen (secondary N) is 2. The largest absolute Gasteiger partial charge is 0.480 e. The molecule has 2 atom stereocenters. The molecule has 2 rings (SSSR count). The molecular formula is C25H28F2N2O7. The summed E-state index contributed by atoms with van der Waals surface area (Å²) in [4.78, 5) is 49.7. The second-order valence-corrected chi connectivity index (χ2v) is 8.07. The number of rotatable bonds is 12. The Morgan fingerprint density at radius 1 is 0.917 bits per heavy atom. The first-order valence-corrected chi connectivity index (χ1v) is 11.1. The highest BCUT2D eigenvalue weighted by molar-refractivity contribution is 5.95. The van der Waals surface area contributed by atoms with Crippen molar-refractivity contribution in [1.29, 1.82) is 0 Å². The van der Waals surface area contributed by atoms with Gasteiger partial charge < -0.3 is 24.8 Å². The summed E-state index contributed by atoms with van der Waals surface area (Å²) in [5.41, 5.74) is 0.744. The second-order valence-electron chi connectivity index (χ2n) is 8.07. The highest BCUT2D eigenvalue weighted by Crippen LogP contribution is 2.21. The number of esters is 1. The van der Waals surface area contributed by atoms with Crippen molar-refractivity contribution >= 4 is 23.8 Å². The van der Waals surface area contributed by atoms with E-state index >= 15 is 0 Å². The third kappa shape index (κ3) is 8.64. The predicted molar refractivity (Wildman–Crippen MR) is 124 cm³/mol. The number of carbonyl (C=O) groups is 4. The van der Waals surface area contributed by atoms with Gasteiger partial charge in [-0.2, -0.15) is 0 Å². The summed E-state index contributed by atoms with van der Waals surface area (Å²) in [5.74, 6) is -5.67. The molecule has 0 bridgehead atoms. The number of ketones is 1. The van der Waals surface area contributed by atoms with Gasteiger partial charge in [-0.15, -0.1) is 0 Å². The molecule has 2 aromatic rings. The van der Waals surface area contributed by atoms with Gasteiger partial charge in [0.25, 0.3) is 0 Å². The molecule has 0 radical (unpaired) electrons. The molecule has 2 amide bonds. The number of ether oxygens (including phenoxy) is 3. The second kappa shape index (κ2) is 13.8. The maximum absolute atomic E-state index is 13.8. The molecular weight excluding hydrogens is 478 g/mol. The first-order valence-electron chi connectivity index (χ1n) is 11.1. The molecule has 9 nitrogen and oxygen atoms in total. The molecule has 0 aromatic heterocycles. The van der Waals surface area contributed by atoms with E-state index < -0.39 is 72.2 Å². The zero-order valence-electron chi connectivity index (χ0n) is 20.1. The van der Waals surface area contributed by atoms with Gasteiger partial charge in [-0.25, -0.2) is 13.6 Å². The first kappa shape index (κ1) is 28.2. The maximum Gasteiger partial charge on any atom is 0.408 e. The quantitative estimate of drug-likeness (QED) is 0.425. The molecule has 194 valence electrons. The summed E-state index contributed by atoms with van der Waals surface area (Å²) in [6.45, 7) is 2.46. The van der Waals surface area contributed by atoms with Crippen LogP contribution in [0.1, 0.15) is 25.8 Å². The fraction of sp³-hybridized carbons (Fsp3) is 0.360. The van der Waals surface area contributed by atoms with Gasteiger partial charge >= 0.3 is 12.1 Å². The highest BCUT2D eigenvalue weighted by Gasteiger charge is 2.31. The number of hydrogen-bond donors (Lipinski definition) is 2. The number of hydrogen-bond acceptors (Lipinski definition) is 7. The molecule has 0 aliphatic rings. The normalized spacial score (nSPS) is 12.3. The Morgan fingerprint density at radius 2 is 1.56 bits per heavy atom. The van der Waals surface area contributed by atoms with Crippen molar-refractivity contribution in [3.8, 4) is 5.75 Å². The Kier molecular flexibility index (Phi) is 10.8. The molecule has 0 fully saturated rings. The van der Waals surface area contributed by atoms with Gasteiger partial charge in [0.1, 0.15) is 25.3 Å². The van der Waals surface area contributed by atoms with Gasteiger partial charge in [-0.3, -0.25) is 14.4 Å². The average molecular weight is 507 g/mol. The topological polar surface area (TPSA) is 120 Å². The molecule has 0 heterocycles. The van der Waals surface area contributed by atoms with Crippen LogP contribution < -0.4 is 15.4 Å². The van der Waals surface area contributed by atoms with E-state index in [1.54, 1.807) is 38.1 Å². The third-order valence-corrected chi connectivity index (χ3v) is 5.02. The van der Waals surface area contributed by atoms with Crippen molar-refractivity contribution in [2.24, 2.45) is 5.92 Å². The first-order chi connectivity index (χ1) is 17.1. The lowest BCUT2D eigenvalue weighted by Crippen LogP contribution is -2.54. The van der Waals surface area contributed by atoms with E-state index in [1.165, 1.54) is 0 Å². The fourth-order valence-electron chi connectivity index (χ4n) is 3.05. The van der Waals surface area contributed by atoms with Crippen LogP contribution in [0.15, 0.2) is 48.5 Å². The summed E-state index contributed by atoms with van der Waals surface area (Å²) in [6, 6.07) is 9.37. The molecule has 36 heavy (non-hydrogen) atoms. The van der Waals surface area contributed by atoms with E-state index in [-0.39, 0.29) is 6.61 Å². The average Bonchev–Trinajstić information content (AvgIpc) is 2.85. The lowest BCUT2D eigenvalue weighted by Gasteiger charge is -2.24. The molecule has 0 spiro atoms. The van der Waals surface area contributed by atoms with Crippen molar-refractivity contribution in [3.05, 3.63) is 65.7 Å². The number of halogens is 2. The van der Waals surface area contributed by atoms with Crippen LogP contribution in [0.2, 0.25) is 0 Å². The fourth-order valence-corrected chi connectivity index (χ4v) is 3.05. The van der Waals surface area contributed by atoms with Gasteiger partial charge in [0.15, 0.2) is 23.2 Å². The van der Waals surface area contributed by atoms with Crippen LogP contribution in [0.25, 0.3) is 0 Å². The van der Waals surface area contributed by atoms with Crippen LogP contribution in [0.3, 0.4) is 0 Å². The van der Waals surface area contributed by atoms with Gasteiger partial charge in [0.2, 0.25) is 5.91 Å². The van der Waals surface area contributed by atoms with Gasteiger partial charge in [0, 0.05) is 0 Å². The standard InChI is InChI=1S/C25H28F2N2O7/c1-15(2)22(29-25(33)36-13-16-8-5-4-6-9-16)24(32)28-19(12-21(31)34-3)20(30)14-35-23-17(26)10-7-11-18(23)27/h4-11,15,19,22H,12-14H2,1-3H3,(H,28,32)(H,29,33). The summed E-state index contributed by atoms with van der Waals surface area (Å²) in [5, 5.41) is 4.82. The van der Waals surface area contributed by atoms with Gasteiger partial charge in [-0.05, 0) is 23.6 Å². The minimum atomic E-state index is -1.44. The molecule has 0 aliphatic carbocycles. The minimum absolute atomic E-state index is 0.0213. The third-order valence-electron chi connectivity index (χ3n) is 5.02. The highest BCUT2D eigenvalue weighted by atomic mass is 19.1. The maximum atomic E-state index is 13.8. The monoisotopic (exact) mass is 506 g/mol. The minimum Gasteiger partial charge on any atom is -0.480 e. The number of benzene rings is 2. The smallest absolute Gasteiger partial charge is 0.408 e. The van der Waals surface area contributed by atoms with Crippen molar-refractivity contribution < 1.29 is 42.2 Å². The lowest BCUT2D eigenvalue weighted by molar-refractivity contribution is -0.143. The van der Waals surface area contributed by atoms with E-state index in [4.69, 9.17) is 9.47 Å².